The van der Waals surface area contributed by atoms with E-state index in [2.05, 4.69) is 24.1 Å². The van der Waals surface area contributed by atoms with Gasteiger partial charge in [0.1, 0.15) is 0 Å². The first kappa shape index (κ1) is 11.9. The van der Waals surface area contributed by atoms with E-state index in [0.29, 0.717) is 5.54 Å². The zero-order valence-corrected chi connectivity index (χ0v) is 11.2. The highest BCUT2D eigenvalue weighted by atomic mass is 16.5. The van der Waals surface area contributed by atoms with Crippen LogP contribution in [0.4, 0.5) is 0 Å². The fourth-order valence-electron chi connectivity index (χ4n) is 4.05. The molecule has 3 nitrogen and oxygen atoms in total. The molecule has 3 fully saturated rings. The van der Waals surface area contributed by atoms with E-state index in [9.17, 15) is 0 Å². The van der Waals surface area contributed by atoms with Crippen LogP contribution in [0.15, 0.2) is 0 Å². The number of likely N-dealkylation sites (tertiary alicyclic amines) is 1. The number of fused-ring (bicyclic) bond motifs is 1. The van der Waals surface area contributed by atoms with E-state index in [1.165, 1.54) is 39.0 Å². The summed E-state index contributed by atoms with van der Waals surface area (Å²) in [6.45, 7) is 11.9. The van der Waals surface area contributed by atoms with Crippen molar-refractivity contribution in [1.29, 1.82) is 0 Å². The zero-order valence-electron chi connectivity index (χ0n) is 11.2. The zero-order chi connectivity index (χ0) is 11.9. The molecule has 0 radical (unpaired) electrons. The minimum Gasteiger partial charge on any atom is -0.381 e. The molecule has 2 unspecified atom stereocenters. The highest BCUT2D eigenvalue weighted by Crippen LogP contribution is 2.41. The quantitative estimate of drug-likeness (QED) is 0.786. The number of nitrogens with one attached hydrogen (secondary N) is 1. The Morgan fingerprint density at radius 2 is 2.00 bits per heavy atom. The van der Waals surface area contributed by atoms with Gasteiger partial charge in [-0.15, -0.1) is 0 Å². The summed E-state index contributed by atoms with van der Waals surface area (Å²) in [5, 5.41) is 3.56. The van der Waals surface area contributed by atoms with Crippen LogP contribution in [0, 0.1) is 17.8 Å². The Hall–Kier alpha value is -0.120. The molecule has 3 aliphatic rings. The van der Waals surface area contributed by atoms with Crippen molar-refractivity contribution in [2.24, 2.45) is 17.8 Å². The molecule has 3 heteroatoms. The molecule has 3 heterocycles. The van der Waals surface area contributed by atoms with Crippen molar-refractivity contribution in [3.8, 4) is 0 Å². The predicted octanol–water partition coefficient (Wildman–Crippen LogP) is 1.34. The van der Waals surface area contributed by atoms with Crippen LogP contribution in [0.3, 0.4) is 0 Å². The molecule has 3 rings (SSSR count). The van der Waals surface area contributed by atoms with Gasteiger partial charge in [-0.2, -0.15) is 0 Å². The van der Waals surface area contributed by atoms with Crippen molar-refractivity contribution in [1.82, 2.24) is 10.2 Å². The van der Waals surface area contributed by atoms with Gasteiger partial charge in [0, 0.05) is 38.4 Å². The van der Waals surface area contributed by atoms with Crippen molar-refractivity contribution in [3.63, 3.8) is 0 Å². The lowest BCUT2D eigenvalue weighted by Gasteiger charge is -2.38. The van der Waals surface area contributed by atoms with E-state index in [1.54, 1.807) is 0 Å². The molecule has 3 aliphatic heterocycles. The van der Waals surface area contributed by atoms with Crippen LogP contribution in [-0.2, 0) is 4.74 Å². The van der Waals surface area contributed by atoms with Crippen LogP contribution in [0.2, 0.25) is 0 Å². The molecule has 0 aromatic heterocycles. The molecule has 0 aliphatic carbocycles. The fraction of sp³-hybridized carbons (Fsp3) is 1.00. The SMILES string of the molecule is CC1(C)C2CNCC2CN1CC1CCOCC1. The lowest BCUT2D eigenvalue weighted by molar-refractivity contribution is 0.0372. The number of ether oxygens (including phenoxy) is 1. The van der Waals surface area contributed by atoms with Crippen molar-refractivity contribution < 1.29 is 4.74 Å². The minimum atomic E-state index is 0.395. The van der Waals surface area contributed by atoms with Crippen molar-refractivity contribution >= 4 is 0 Å². The van der Waals surface area contributed by atoms with E-state index in [1.807, 2.05) is 0 Å². The van der Waals surface area contributed by atoms with E-state index >= 15 is 0 Å². The van der Waals surface area contributed by atoms with Crippen LogP contribution >= 0.6 is 0 Å². The summed E-state index contributed by atoms with van der Waals surface area (Å²) in [6.07, 6.45) is 2.53. The van der Waals surface area contributed by atoms with Crippen LogP contribution in [0.5, 0.6) is 0 Å². The predicted molar refractivity (Wildman–Crippen MR) is 69.0 cm³/mol. The average Bonchev–Trinajstić information content (AvgIpc) is 2.85. The third-order valence-electron chi connectivity index (χ3n) is 5.34. The third kappa shape index (κ3) is 2.13. The molecule has 1 N–H and O–H groups in total. The van der Waals surface area contributed by atoms with Crippen LogP contribution in [0.1, 0.15) is 26.7 Å². The Labute approximate surface area is 105 Å². The molecule has 0 spiro atoms. The van der Waals surface area contributed by atoms with Gasteiger partial charge in [-0.25, -0.2) is 0 Å². The first-order valence-electron chi connectivity index (χ1n) is 7.21. The monoisotopic (exact) mass is 238 g/mol. The van der Waals surface area contributed by atoms with E-state index < -0.39 is 0 Å². The summed E-state index contributed by atoms with van der Waals surface area (Å²) in [7, 11) is 0. The topological polar surface area (TPSA) is 24.5 Å². The third-order valence-corrected chi connectivity index (χ3v) is 5.34. The summed E-state index contributed by atoms with van der Waals surface area (Å²) in [5.74, 6) is 2.63. The van der Waals surface area contributed by atoms with Crippen molar-refractivity contribution in [3.05, 3.63) is 0 Å². The lowest BCUT2D eigenvalue weighted by atomic mass is 9.84. The number of hydrogen-bond donors (Lipinski definition) is 1. The maximum absolute atomic E-state index is 5.46. The average molecular weight is 238 g/mol. The molecule has 0 amide bonds. The molecule has 0 saturated carbocycles. The minimum absolute atomic E-state index is 0.395. The largest absolute Gasteiger partial charge is 0.381 e. The van der Waals surface area contributed by atoms with E-state index in [4.69, 9.17) is 4.74 Å². The molecular formula is C14H26N2O. The van der Waals surface area contributed by atoms with E-state index in [-0.39, 0.29) is 0 Å². The van der Waals surface area contributed by atoms with Gasteiger partial charge in [-0.3, -0.25) is 4.90 Å². The summed E-state index contributed by atoms with van der Waals surface area (Å²) in [5.41, 5.74) is 0.395. The highest BCUT2D eigenvalue weighted by Gasteiger charge is 2.49. The number of rotatable bonds is 2. The molecule has 0 aromatic rings. The second-order valence-electron chi connectivity index (χ2n) is 6.64. The summed E-state index contributed by atoms with van der Waals surface area (Å²) in [6, 6.07) is 0. The van der Waals surface area contributed by atoms with Crippen LogP contribution in [-0.4, -0.2) is 49.8 Å². The molecule has 0 aromatic carbocycles. The number of hydrogen-bond acceptors (Lipinski definition) is 3. The second kappa shape index (κ2) is 4.52. The Kier molecular flexibility index (Phi) is 3.18. The Morgan fingerprint density at radius 1 is 1.24 bits per heavy atom. The Morgan fingerprint density at radius 3 is 2.71 bits per heavy atom. The summed E-state index contributed by atoms with van der Waals surface area (Å²) < 4.78 is 5.46. The Bertz CT molecular complexity index is 273. The van der Waals surface area contributed by atoms with Gasteiger partial charge >= 0.3 is 0 Å². The molecule has 0 bridgehead atoms. The molecule has 2 atom stereocenters. The second-order valence-corrected chi connectivity index (χ2v) is 6.64. The van der Waals surface area contributed by atoms with Crippen LogP contribution < -0.4 is 5.32 Å². The van der Waals surface area contributed by atoms with Crippen molar-refractivity contribution in [2.45, 2.75) is 32.2 Å². The fourth-order valence-corrected chi connectivity index (χ4v) is 4.05. The first-order chi connectivity index (χ1) is 8.18. The van der Waals surface area contributed by atoms with Crippen LogP contribution in [0.25, 0.3) is 0 Å². The standard InChI is InChI=1S/C14H26N2O/c1-14(2)13-8-15-7-12(13)10-16(14)9-11-3-5-17-6-4-11/h11-13,15H,3-10H2,1-2H3. The van der Waals surface area contributed by atoms with E-state index in [0.717, 1.165) is 31.0 Å². The van der Waals surface area contributed by atoms with Gasteiger partial charge in [0.25, 0.3) is 0 Å². The summed E-state index contributed by atoms with van der Waals surface area (Å²) in [4.78, 5) is 2.76. The van der Waals surface area contributed by atoms with Gasteiger partial charge in [-0.1, -0.05) is 0 Å². The smallest absolute Gasteiger partial charge is 0.0469 e. The van der Waals surface area contributed by atoms with Crippen molar-refractivity contribution in [2.75, 3.05) is 39.4 Å². The molecular weight excluding hydrogens is 212 g/mol. The highest BCUT2D eigenvalue weighted by molar-refractivity contribution is 5.04. The van der Waals surface area contributed by atoms with Gasteiger partial charge < -0.3 is 10.1 Å². The summed E-state index contributed by atoms with van der Waals surface area (Å²) >= 11 is 0. The number of nitrogens with zero attached hydrogens (tertiary/aromatic N) is 1. The first-order valence-corrected chi connectivity index (χ1v) is 7.21. The maximum Gasteiger partial charge on any atom is 0.0469 e. The molecule has 17 heavy (non-hydrogen) atoms. The van der Waals surface area contributed by atoms with Gasteiger partial charge in [0.05, 0.1) is 0 Å². The maximum atomic E-state index is 5.46. The molecule has 3 saturated heterocycles. The van der Waals surface area contributed by atoms with Gasteiger partial charge in [-0.05, 0) is 51.0 Å². The van der Waals surface area contributed by atoms with Gasteiger partial charge in [0.15, 0.2) is 0 Å². The normalized spacial score (nSPS) is 38.5. The van der Waals surface area contributed by atoms with Gasteiger partial charge in [0.2, 0.25) is 0 Å². The Balaban J connectivity index is 1.63. The lowest BCUT2D eigenvalue weighted by Crippen LogP contribution is -2.47. The molecule has 98 valence electrons.